The van der Waals surface area contributed by atoms with Crippen molar-refractivity contribution in [3.63, 3.8) is 0 Å². The predicted molar refractivity (Wildman–Crippen MR) is 69.5 cm³/mol. The molecule has 0 radical (unpaired) electrons. The van der Waals surface area contributed by atoms with E-state index < -0.39 is 0 Å². The number of nitrogens with two attached hydrogens (primary N) is 1. The maximum absolute atomic E-state index is 9.12. The molecule has 0 saturated carbocycles. The van der Waals surface area contributed by atoms with Crippen molar-refractivity contribution >= 4 is 5.69 Å². The summed E-state index contributed by atoms with van der Waals surface area (Å²) in [5.74, 6) is 0.807. The topological polar surface area (TPSA) is 68.0 Å². The van der Waals surface area contributed by atoms with E-state index in [9.17, 15) is 0 Å². The number of methoxy groups -OCH3 is 1. The molecule has 1 unspecified atom stereocenters. The van der Waals surface area contributed by atoms with Gasteiger partial charge in [-0.2, -0.15) is 0 Å². The summed E-state index contributed by atoms with van der Waals surface area (Å²) in [5, 5.41) is 9.12. The molecular formula is C13H20N2O3. The quantitative estimate of drug-likeness (QED) is 0.762. The highest BCUT2D eigenvalue weighted by Crippen LogP contribution is 2.23. The predicted octanol–water partition coefficient (Wildman–Crippen LogP) is 0.470. The SMILES string of the molecule is COc1cc(N)ccc1CN1CCOC(CO)C1. The highest BCUT2D eigenvalue weighted by atomic mass is 16.5. The molecule has 0 amide bonds. The maximum atomic E-state index is 9.12. The smallest absolute Gasteiger partial charge is 0.125 e. The van der Waals surface area contributed by atoms with Crippen LogP contribution in [0, 0.1) is 0 Å². The van der Waals surface area contributed by atoms with E-state index in [1.807, 2.05) is 18.2 Å². The molecule has 0 spiro atoms. The van der Waals surface area contributed by atoms with Gasteiger partial charge in [-0.3, -0.25) is 4.90 Å². The van der Waals surface area contributed by atoms with Crippen molar-refractivity contribution in [1.82, 2.24) is 4.90 Å². The van der Waals surface area contributed by atoms with Gasteiger partial charge < -0.3 is 20.3 Å². The number of hydrogen-bond donors (Lipinski definition) is 2. The summed E-state index contributed by atoms with van der Waals surface area (Å²) in [6.07, 6.45) is -0.0847. The summed E-state index contributed by atoms with van der Waals surface area (Å²) in [6, 6.07) is 5.69. The number of morpholine rings is 1. The lowest BCUT2D eigenvalue weighted by Gasteiger charge is -2.32. The van der Waals surface area contributed by atoms with Crippen molar-refractivity contribution in [2.45, 2.75) is 12.6 Å². The van der Waals surface area contributed by atoms with E-state index in [1.165, 1.54) is 0 Å². The molecule has 0 aliphatic carbocycles. The first-order chi connectivity index (χ1) is 8.72. The van der Waals surface area contributed by atoms with E-state index in [1.54, 1.807) is 7.11 Å². The molecule has 1 atom stereocenters. The standard InChI is InChI=1S/C13H20N2O3/c1-17-13-6-11(14)3-2-10(13)7-15-4-5-18-12(8-15)9-16/h2-3,6,12,16H,4-5,7-9,14H2,1H3. The van der Waals surface area contributed by atoms with Crippen LogP contribution < -0.4 is 10.5 Å². The minimum atomic E-state index is -0.0847. The molecule has 1 aliphatic rings. The van der Waals surface area contributed by atoms with Gasteiger partial charge in [0.15, 0.2) is 0 Å². The third kappa shape index (κ3) is 3.13. The summed E-state index contributed by atoms with van der Waals surface area (Å²) in [4.78, 5) is 2.25. The van der Waals surface area contributed by atoms with Crippen molar-refractivity contribution in [1.29, 1.82) is 0 Å². The zero-order valence-corrected chi connectivity index (χ0v) is 10.6. The van der Waals surface area contributed by atoms with Gasteiger partial charge in [-0.25, -0.2) is 0 Å². The van der Waals surface area contributed by atoms with Crippen molar-refractivity contribution < 1.29 is 14.6 Å². The van der Waals surface area contributed by atoms with E-state index in [-0.39, 0.29) is 12.7 Å². The molecule has 18 heavy (non-hydrogen) atoms. The third-order valence-corrected chi connectivity index (χ3v) is 3.13. The number of benzene rings is 1. The average molecular weight is 252 g/mol. The summed E-state index contributed by atoms with van der Waals surface area (Å²) >= 11 is 0. The normalized spacial score (nSPS) is 20.9. The molecule has 1 aromatic rings. The molecule has 3 N–H and O–H groups in total. The number of nitrogens with zero attached hydrogens (tertiary/aromatic N) is 1. The number of aliphatic hydroxyl groups excluding tert-OH is 1. The van der Waals surface area contributed by atoms with Crippen LogP contribution in [0.5, 0.6) is 5.75 Å². The van der Waals surface area contributed by atoms with Crippen LogP contribution in [0.25, 0.3) is 0 Å². The Morgan fingerprint density at radius 1 is 1.56 bits per heavy atom. The van der Waals surface area contributed by atoms with Gasteiger partial charge in [0.05, 0.1) is 26.4 Å². The Labute approximate surface area is 107 Å². The monoisotopic (exact) mass is 252 g/mol. The van der Waals surface area contributed by atoms with Crippen LogP contribution in [0.2, 0.25) is 0 Å². The lowest BCUT2D eigenvalue weighted by molar-refractivity contribution is -0.0552. The van der Waals surface area contributed by atoms with Gasteiger partial charge in [0.25, 0.3) is 0 Å². The highest BCUT2D eigenvalue weighted by Gasteiger charge is 2.20. The summed E-state index contributed by atoms with van der Waals surface area (Å²) in [6.45, 7) is 3.11. The van der Waals surface area contributed by atoms with Gasteiger partial charge in [-0.1, -0.05) is 6.07 Å². The fourth-order valence-corrected chi connectivity index (χ4v) is 2.17. The fourth-order valence-electron chi connectivity index (χ4n) is 2.17. The Morgan fingerprint density at radius 2 is 2.39 bits per heavy atom. The van der Waals surface area contributed by atoms with Crippen LogP contribution >= 0.6 is 0 Å². The Balaban J connectivity index is 2.04. The van der Waals surface area contributed by atoms with Gasteiger partial charge in [0.2, 0.25) is 0 Å². The molecule has 1 aliphatic heterocycles. The Hall–Kier alpha value is -1.30. The van der Waals surface area contributed by atoms with Gasteiger partial charge in [0, 0.05) is 37.0 Å². The lowest BCUT2D eigenvalue weighted by Crippen LogP contribution is -2.43. The Bertz CT molecular complexity index is 398. The summed E-state index contributed by atoms with van der Waals surface area (Å²) in [7, 11) is 1.65. The molecule has 0 bridgehead atoms. The number of aliphatic hydroxyl groups is 1. The van der Waals surface area contributed by atoms with Crippen LogP contribution in [0.1, 0.15) is 5.56 Å². The number of ether oxygens (including phenoxy) is 2. The molecular weight excluding hydrogens is 232 g/mol. The van der Waals surface area contributed by atoms with Gasteiger partial charge >= 0.3 is 0 Å². The van der Waals surface area contributed by atoms with Crippen LogP contribution in [0.4, 0.5) is 5.69 Å². The van der Waals surface area contributed by atoms with Crippen LogP contribution in [-0.4, -0.2) is 49.5 Å². The maximum Gasteiger partial charge on any atom is 0.125 e. The van der Waals surface area contributed by atoms with E-state index in [0.717, 1.165) is 30.9 Å². The Morgan fingerprint density at radius 3 is 3.11 bits per heavy atom. The molecule has 1 aromatic carbocycles. The molecule has 1 heterocycles. The molecule has 1 saturated heterocycles. The highest BCUT2D eigenvalue weighted by molar-refractivity contribution is 5.48. The zero-order chi connectivity index (χ0) is 13.0. The van der Waals surface area contributed by atoms with E-state index >= 15 is 0 Å². The van der Waals surface area contributed by atoms with Crippen LogP contribution in [0.3, 0.4) is 0 Å². The largest absolute Gasteiger partial charge is 0.496 e. The second kappa shape index (κ2) is 6.04. The number of nitrogen functional groups attached to an aromatic ring is 1. The number of anilines is 1. The van der Waals surface area contributed by atoms with Crippen LogP contribution in [-0.2, 0) is 11.3 Å². The van der Waals surface area contributed by atoms with E-state index in [4.69, 9.17) is 20.3 Å². The summed E-state index contributed by atoms with van der Waals surface area (Å²) in [5.41, 5.74) is 7.54. The second-order valence-corrected chi connectivity index (χ2v) is 4.48. The molecule has 2 rings (SSSR count). The van der Waals surface area contributed by atoms with Gasteiger partial charge in [-0.15, -0.1) is 0 Å². The Kier molecular flexibility index (Phi) is 4.41. The molecule has 0 aromatic heterocycles. The summed E-state index contributed by atoms with van der Waals surface area (Å²) < 4.78 is 10.8. The average Bonchev–Trinajstić information content (AvgIpc) is 2.41. The van der Waals surface area contributed by atoms with Crippen LogP contribution in [0.15, 0.2) is 18.2 Å². The molecule has 5 nitrogen and oxygen atoms in total. The van der Waals surface area contributed by atoms with Crippen molar-refractivity contribution in [2.24, 2.45) is 0 Å². The van der Waals surface area contributed by atoms with Gasteiger partial charge in [0.1, 0.15) is 5.75 Å². The van der Waals surface area contributed by atoms with E-state index in [0.29, 0.717) is 12.3 Å². The lowest BCUT2D eigenvalue weighted by atomic mass is 10.1. The first kappa shape index (κ1) is 13.1. The minimum Gasteiger partial charge on any atom is -0.496 e. The number of hydrogen-bond acceptors (Lipinski definition) is 5. The van der Waals surface area contributed by atoms with Gasteiger partial charge in [-0.05, 0) is 6.07 Å². The molecule has 5 heteroatoms. The molecule has 1 fully saturated rings. The minimum absolute atomic E-state index is 0.0649. The van der Waals surface area contributed by atoms with Crippen molar-refractivity contribution in [2.75, 3.05) is 39.1 Å². The number of rotatable bonds is 4. The van der Waals surface area contributed by atoms with E-state index in [2.05, 4.69) is 4.90 Å². The second-order valence-electron chi connectivity index (χ2n) is 4.48. The first-order valence-corrected chi connectivity index (χ1v) is 6.10. The van der Waals surface area contributed by atoms with Crippen molar-refractivity contribution in [3.05, 3.63) is 23.8 Å². The third-order valence-electron chi connectivity index (χ3n) is 3.13. The van der Waals surface area contributed by atoms with Crippen molar-refractivity contribution in [3.8, 4) is 5.75 Å². The first-order valence-electron chi connectivity index (χ1n) is 6.10. The fraction of sp³-hybridized carbons (Fsp3) is 0.538. The zero-order valence-electron chi connectivity index (χ0n) is 10.6. The molecule has 100 valence electrons.